The van der Waals surface area contributed by atoms with Crippen molar-refractivity contribution >= 4 is 11.8 Å². The Morgan fingerprint density at radius 3 is 2.50 bits per heavy atom. The van der Waals surface area contributed by atoms with Gasteiger partial charge < -0.3 is 10.2 Å². The second kappa shape index (κ2) is 8.47. The molecule has 148 valence electrons. The van der Waals surface area contributed by atoms with Gasteiger partial charge in [-0.15, -0.1) is 5.10 Å². The Bertz CT molecular complexity index is 784. The zero-order chi connectivity index (χ0) is 19.3. The Kier molecular flexibility index (Phi) is 5.61. The standard InChI is InChI=1S/C19H25N7O2/c27-18(21-16-6-7-16)13-24-8-10-25(11-9-24)19(28)17(26-14-20-22-23-26)12-15-4-2-1-3-5-15/h1-5,14,16-17H,6-13H2,(H,21,27). The topological polar surface area (TPSA) is 96.3 Å². The van der Waals surface area contributed by atoms with Crippen molar-refractivity contribution in [2.75, 3.05) is 32.7 Å². The summed E-state index contributed by atoms with van der Waals surface area (Å²) in [7, 11) is 0. The maximum absolute atomic E-state index is 13.2. The summed E-state index contributed by atoms with van der Waals surface area (Å²) in [5.74, 6) is 0.0937. The summed E-state index contributed by atoms with van der Waals surface area (Å²) in [6.07, 6.45) is 4.21. The van der Waals surface area contributed by atoms with Crippen molar-refractivity contribution in [1.82, 2.24) is 35.3 Å². The smallest absolute Gasteiger partial charge is 0.248 e. The van der Waals surface area contributed by atoms with Crippen molar-refractivity contribution < 1.29 is 9.59 Å². The van der Waals surface area contributed by atoms with Crippen LogP contribution < -0.4 is 5.32 Å². The first-order valence-electron chi connectivity index (χ1n) is 9.76. The maximum Gasteiger partial charge on any atom is 0.248 e. The molecule has 2 fully saturated rings. The first-order chi connectivity index (χ1) is 13.7. The number of piperazine rings is 1. The highest BCUT2D eigenvalue weighted by Gasteiger charge is 2.31. The molecule has 4 rings (SSSR count). The molecule has 28 heavy (non-hydrogen) atoms. The number of aromatic nitrogens is 4. The van der Waals surface area contributed by atoms with Crippen LogP contribution in [0.5, 0.6) is 0 Å². The number of tetrazole rings is 1. The number of nitrogens with zero attached hydrogens (tertiary/aromatic N) is 6. The van der Waals surface area contributed by atoms with Crippen LogP contribution in [0.15, 0.2) is 36.7 Å². The zero-order valence-electron chi connectivity index (χ0n) is 15.8. The van der Waals surface area contributed by atoms with Crippen molar-refractivity contribution in [1.29, 1.82) is 0 Å². The van der Waals surface area contributed by atoms with Gasteiger partial charge in [0.25, 0.3) is 0 Å². The van der Waals surface area contributed by atoms with Gasteiger partial charge in [0.05, 0.1) is 6.54 Å². The molecular weight excluding hydrogens is 358 g/mol. The van der Waals surface area contributed by atoms with Crippen molar-refractivity contribution in [3.63, 3.8) is 0 Å². The third kappa shape index (κ3) is 4.72. The highest BCUT2D eigenvalue weighted by molar-refractivity contribution is 5.81. The Labute approximate surface area is 163 Å². The third-order valence-corrected chi connectivity index (χ3v) is 5.23. The Morgan fingerprint density at radius 1 is 1.11 bits per heavy atom. The summed E-state index contributed by atoms with van der Waals surface area (Å²) in [6.45, 7) is 2.99. The summed E-state index contributed by atoms with van der Waals surface area (Å²) in [5.41, 5.74) is 1.06. The number of hydrogen-bond acceptors (Lipinski definition) is 6. The molecule has 1 N–H and O–H groups in total. The van der Waals surface area contributed by atoms with Gasteiger partial charge in [0, 0.05) is 38.6 Å². The SMILES string of the molecule is O=C(CN1CCN(C(=O)C(Cc2ccccc2)n2cnnn2)CC1)NC1CC1. The molecule has 1 saturated heterocycles. The van der Waals surface area contributed by atoms with E-state index < -0.39 is 6.04 Å². The first kappa shape index (κ1) is 18.5. The molecule has 1 aliphatic heterocycles. The van der Waals surface area contributed by atoms with Crippen LogP contribution in [0, 0.1) is 0 Å². The second-order valence-electron chi connectivity index (χ2n) is 7.44. The van der Waals surface area contributed by atoms with Gasteiger partial charge >= 0.3 is 0 Å². The van der Waals surface area contributed by atoms with E-state index in [-0.39, 0.29) is 11.8 Å². The predicted molar refractivity (Wildman–Crippen MR) is 101 cm³/mol. The van der Waals surface area contributed by atoms with Gasteiger partial charge in [0.1, 0.15) is 12.4 Å². The zero-order valence-corrected chi connectivity index (χ0v) is 15.8. The van der Waals surface area contributed by atoms with Crippen molar-refractivity contribution in [3.8, 4) is 0 Å². The highest BCUT2D eigenvalue weighted by atomic mass is 16.2. The van der Waals surface area contributed by atoms with E-state index in [1.165, 1.54) is 11.0 Å². The van der Waals surface area contributed by atoms with Gasteiger partial charge in [-0.05, 0) is 28.8 Å². The van der Waals surface area contributed by atoms with E-state index in [0.29, 0.717) is 45.2 Å². The molecule has 1 atom stereocenters. The quantitative estimate of drug-likeness (QED) is 0.716. The molecule has 1 aromatic carbocycles. The largest absolute Gasteiger partial charge is 0.352 e. The molecule has 1 aliphatic carbocycles. The molecular formula is C19H25N7O2. The summed E-state index contributed by atoms with van der Waals surface area (Å²) in [5, 5.41) is 14.4. The minimum Gasteiger partial charge on any atom is -0.352 e. The van der Waals surface area contributed by atoms with Crippen molar-refractivity contribution in [3.05, 3.63) is 42.2 Å². The molecule has 0 bridgehead atoms. The molecule has 2 aromatic rings. The molecule has 0 spiro atoms. The van der Waals surface area contributed by atoms with Gasteiger partial charge in [0.2, 0.25) is 11.8 Å². The van der Waals surface area contributed by atoms with Crippen LogP contribution in [0.3, 0.4) is 0 Å². The fraction of sp³-hybridized carbons (Fsp3) is 0.526. The van der Waals surface area contributed by atoms with Crippen LogP contribution in [0.4, 0.5) is 0 Å². The van der Waals surface area contributed by atoms with E-state index in [4.69, 9.17) is 0 Å². The van der Waals surface area contributed by atoms with E-state index in [1.54, 1.807) is 0 Å². The van der Waals surface area contributed by atoms with Gasteiger partial charge in [-0.3, -0.25) is 14.5 Å². The van der Waals surface area contributed by atoms with Gasteiger partial charge in [-0.2, -0.15) is 0 Å². The average molecular weight is 383 g/mol. The number of nitrogens with one attached hydrogen (secondary N) is 1. The van der Waals surface area contributed by atoms with Crippen LogP contribution in [0.1, 0.15) is 24.4 Å². The maximum atomic E-state index is 13.2. The van der Waals surface area contributed by atoms with Crippen LogP contribution in [0.2, 0.25) is 0 Å². The van der Waals surface area contributed by atoms with E-state index in [0.717, 1.165) is 18.4 Å². The lowest BCUT2D eigenvalue weighted by molar-refractivity contribution is -0.137. The summed E-state index contributed by atoms with van der Waals surface area (Å²) < 4.78 is 1.53. The second-order valence-corrected chi connectivity index (χ2v) is 7.44. The molecule has 1 aromatic heterocycles. The van der Waals surface area contributed by atoms with E-state index in [9.17, 15) is 9.59 Å². The fourth-order valence-electron chi connectivity index (χ4n) is 3.48. The Balaban J connectivity index is 1.35. The minimum absolute atomic E-state index is 0.0123. The molecule has 9 heteroatoms. The molecule has 1 unspecified atom stereocenters. The van der Waals surface area contributed by atoms with Gasteiger partial charge in [-0.1, -0.05) is 30.3 Å². The fourth-order valence-corrected chi connectivity index (χ4v) is 3.48. The van der Waals surface area contributed by atoms with Crippen LogP contribution in [-0.2, 0) is 16.0 Å². The molecule has 1 saturated carbocycles. The van der Waals surface area contributed by atoms with E-state index in [1.807, 2.05) is 35.2 Å². The third-order valence-electron chi connectivity index (χ3n) is 5.23. The van der Waals surface area contributed by atoms with Crippen LogP contribution in [0.25, 0.3) is 0 Å². The number of carbonyl (C=O) groups is 2. The number of rotatable bonds is 7. The van der Waals surface area contributed by atoms with Crippen molar-refractivity contribution in [2.45, 2.75) is 31.3 Å². The molecule has 2 amide bonds. The Morgan fingerprint density at radius 2 is 1.86 bits per heavy atom. The lowest BCUT2D eigenvalue weighted by Crippen LogP contribution is -2.52. The number of benzene rings is 1. The molecule has 0 radical (unpaired) electrons. The van der Waals surface area contributed by atoms with Gasteiger partial charge in [0.15, 0.2) is 0 Å². The molecule has 2 aliphatic rings. The lowest BCUT2D eigenvalue weighted by atomic mass is 10.0. The highest BCUT2D eigenvalue weighted by Crippen LogP contribution is 2.19. The van der Waals surface area contributed by atoms with Crippen LogP contribution in [-0.4, -0.2) is 80.6 Å². The molecule has 9 nitrogen and oxygen atoms in total. The van der Waals surface area contributed by atoms with Gasteiger partial charge in [-0.25, -0.2) is 4.68 Å². The summed E-state index contributed by atoms with van der Waals surface area (Å²) >= 11 is 0. The first-order valence-corrected chi connectivity index (χ1v) is 9.76. The number of hydrogen-bond donors (Lipinski definition) is 1. The number of amides is 2. The number of carbonyl (C=O) groups excluding carboxylic acids is 2. The van der Waals surface area contributed by atoms with Crippen LogP contribution >= 0.6 is 0 Å². The van der Waals surface area contributed by atoms with Crippen molar-refractivity contribution in [2.24, 2.45) is 0 Å². The molecule has 2 heterocycles. The minimum atomic E-state index is -0.470. The summed E-state index contributed by atoms with van der Waals surface area (Å²) in [4.78, 5) is 29.1. The predicted octanol–water partition coefficient (Wildman–Crippen LogP) is -0.120. The monoisotopic (exact) mass is 383 g/mol. The Hall–Kier alpha value is -2.81. The normalized spacial score (nSPS) is 18.6. The van der Waals surface area contributed by atoms with E-state index in [2.05, 4.69) is 25.7 Å². The summed E-state index contributed by atoms with van der Waals surface area (Å²) in [6, 6.07) is 9.79. The van der Waals surface area contributed by atoms with E-state index >= 15 is 0 Å². The average Bonchev–Trinajstić information content (AvgIpc) is 3.36. The lowest BCUT2D eigenvalue weighted by Gasteiger charge is -2.36.